The van der Waals surface area contributed by atoms with Gasteiger partial charge in [-0.05, 0) is 49.3 Å². The Kier molecular flexibility index (Phi) is 9.15. The standard InChI is InChI=1S/C25H35Cl2N5O6S/c1-15(33)28-12-6-10-25(11-7-13-32(22(25)24(2,3)4)39(37,38)30-23(35)36)29-21(34)19-14-16-18(31(19)5)9-8-17(26)20(16)27/h8-9,14,22,30H,6-7,10-13H2,1-5H3,(H,28,33)(H,29,34)(H,35,36). The van der Waals surface area contributed by atoms with Gasteiger partial charge in [-0.25, -0.2) is 9.52 Å². The van der Waals surface area contributed by atoms with E-state index in [0.29, 0.717) is 58.9 Å². The number of fused-ring (bicyclic) bond motifs is 1. The summed E-state index contributed by atoms with van der Waals surface area (Å²) >= 11 is 12.6. The summed E-state index contributed by atoms with van der Waals surface area (Å²) < 4.78 is 30.9. The van der Waals surface area contributed by atoms with E-state index in [1.165, 1.54) is 6.92 Å². The minimum atomic E-state index is -4.44. The van der Waals surface area contributed by atoms with Gasteiger partial charge in [-0.15, -0.1) is 0 Å². The predicted molar refractivity (Wildman–Crippen MR) is 150 cm³/mol. The Morgan fingerprint density at radius 2 is 1.87 bits per heavy atom. The van der Waals surface area contributed by atoms with Gasteiger partial charge in [0.2, 0.25) is 5.91 Å². The van der Waals surface area contributed by atoms with E-state index in [9.17, 15) is 27.9 Å². The number of carbonyl (C=O) groups is 3. The van der Waals surface area contributed by atoms with Gasteiger partial charge in [0.05, 0.1) is 21.6 Å². The van der Waals surface area contributed by atoms with Crippen LogP contribution in [-0.4, -0.2) is 65.0 Å². The van der Waals surface area contributed by atoms with Crippen LogP contribution >= 0.6 is 23.2 Å². The highest BCUT2D eigenvalue weighted by Gasteiger charge is 2.54. The molecule has 0 bridgehead atoms. The van der Waals surface area contributed by atoms with Crippen LogP contribution < -0.4 is 15.4 Å². The van der Waals surface area contributed by atoms with E-state index in [1.54, 1.807) is 34.5 Å². The Balaban J connectivity index is 2.11. The van der Waals surface area contributed by atoms with Crippen molar-refractivity contribution in [3.63, 3.8) is 0 Å². The number of hydrogen-bond acceptors (Lipinski definition) is 5. The molecule has 2 unspecified atom stereocenters. The summed E-state index contributed by atoms with van der Waals surface area (Å²) in [5, 5.41) is 16.4. The summed E-state index contributed by atoms with van der Waals surface area (Å²) in [6.45, 7) is 7.35. The molecule has 1 fully saturated rings. The summed E-state index contributed by atoms with van der Waals surface area (Å²) in [7, 11) is -2.72. The van der Waals surface area contributed by atoms with Crippen molar-refractivity contribution in [3.05, 3.63) is 33.9 Å². The second kappa shape index (κ2) is 11.5. The van der Waals surface area contributed by atoms with Crippen LogP contribution in [0.4, 0.5) is 4.79 Å². The van der Waals surface area contributed by atoms with Gasteiger partial charge < -0.3 is 20.3 Å². The minimum absolute atomic E-state index is 0.0794. The molecule has 0 spiro atoms. The fourth-order valence-electron chi connectivity index (χ4n) is 5.76. The van der Waals surface area contributed by atoms with Gasteiger partial charge in [0.15, 0.2) is 0 Å². The van der Waals surface area contributed by atoms with Gasteiger partial charge in [-0.1, -0.05) is 44.0 Å². The van der Waals surface area contributed by atoms with Gasteiger partial charge in [0.25, 0.3) is 5.91 Å². The maximum absolute atomic E-state index is 13.9. The quantitative estimate of drug-likeness (QED) is 0.336. The first-order chi connectivity index (χ1) is 18.0. The molecule has 39 heavy (non-hydrogen) atoms. The van der Waals surface area contributed by atoms with Gasteiger partial charge >= 0.3 is 16.3 Å². The summed E-state index contributed by atoms with van der Waals surface area (Å²) in [6.07, 6.45) is -0.0974. The predicted octanol–water partition coefficient (Wildman–Crippen LogP) is 3.89. The number of halogens is 2. The number of carbonyl (C=O) groups excluding carboxylic acids is 2. The molecule has 11 nitrogen and oxygen atoms in total. The molecule has 3 rings (SSSR count). The molecule has 1 aliphatic rings. The molecular formula is C25H35Cl2N5O6S. The monoisotopic (exact) mass is 603 g/mol. The summed E-state index contributed by atoms with van der Waals surface area (Å²) in [4.78, 5) is 36.7. The summed E-state index contributed by atoms with van der Waals surface area (Å²) in [6, 6.07) is 4.23. The molecule has 0 radical (unpaired) electrons. The van der Waals surface area contributed by atoms with Gasteiger partial charge in [0, 0.05) is 38.0 Å². The maximum atomic E-state index is 13.9. The van der Waals surface area contributed by atoms with Crippen LogP contribution in [0.1, 0.15) is 63.9 Å². The highest BCUT2D eigenvalue weighted by Crippen LogP contribution is 2.43. The molecule has 2 aromatic rings. The van der Waals surface area contributed by atoms with E-state index in [-0.39, 0.29) is 12.5 Å². The molecule has 0 aliphatic carbocycles. The van der Waals surface area contributed by atoms with Crippen LogP contribution in [0.25, 0.3) is 10.9 Å². The molecule has 1 aromatic carbocycles. The minimum Gasteiger partial charge on any atom is -0.464 e. The van der Waals surface area contributed by atoms with Crippen LogP contribution in [0.3, 0.4) is 0 Å². The maximum Gasteiger partial charge on any atom is 0.419 e. The molecule has 1 aromatic heterocycles. The van der Waals surface area contributed by atoms with Gasteiger partial charge in [-0.3, -0.25) is 9.59 Å². The average Bonchev–Trinajstić information content (AvgIpc) is 3.14. The van der Waals surface area contributed by atoms with E-state index < -0.39 is 39.2 Å². The van der Waals surface area contributed by atoms with Crippen molar-refractivity contribution in [3.8, 4) is 0 Å². The number of aryl methyl sites for hydroxylation is 1. The zero-order valence-corrected chi connectivity index (χ0v) is 24.9. The Morgan fingerprint density at radius 1 is 1.21 bits per heavy atom. The fourth-order valence-corrected chi connectivity index (χ4v) is 7.64. The molecule has 2 atom stereocenters. The van der Waals surface area contributed by atoms with Crippen molar-refractivity contribution >= 4 is 62.2 Å². The summed E-state index contributed by atoms with van der Waals surface area (Å²) in [5.41, 5.74) is -0.811. The highest BCUT2D eigenvalue weighted by molar-refractivity contribution is 7.87. The van der Waals surface area contributed by atoms with Crippen molar-refractivity contribution in [2.45, 2.75) is 65.0 Å². The Bertz CT molecular complexity index is 1390. The smallest absolute Gasteiger partial charge is 0.419 e. The average molecular weight is 605 g/mol. The number of benzene rings is 1. The van der Waals surface area contributed by atoms with Gasteiger partial charge in [0.1, 0.15) is 5.69 Å². The van der Waals surface area contributed by atoms with Crippen molar-refractivity contribution in [2.75, 3.05) is 13.1 Å². The van der Waals surface area contributed by atoms with E-state index >= 15 is 0 Å². The lowest BCUT2D eigenvalue weighted by atomic mass is 9.68. The third-order valence-electron chi connectivity index (χ3n) is 7.04. The number of rotatable bonds is 8. The first-order valence-electron chi connectivity index (χ1n) is 12.5. The molecule has 0 saturated carbocycles. The Morgan fingerprint density at radius 3 is 2.46 bits per heavy atom. The molecule has 1 saturated heterocycles. The van der Waals surface area contributed by atoms with Crippen molar-refractivity contribution in [2.24, 2.45) is 12.5 Å². The van der Waals surface area contributed by atoms with E-state index in [2.05, 4.69) is 10.6 Å². The number of piperidine rings is 1. The lowest BCUT2D eigenvalue weighted by molar-refractivity contribution is -0.119. The lowest BCUT2D eigenvalue weighted by Crippen LogP contribution is -2.71. The number of amides is 3. The van der Waals surface area contributed by atoms with Gasteiger partial charge in [-0.2, -0.15) is 12.7 Å². The molecule has 14 heteroatoms. The Hall–Kier alpha value is -2.54. The Labute approximate surface area is 238 Å². The SMILES string of the molecule is CC(=O)NCCCC1(NC(=O)c2cc3c(Cl)c(Cl)ccc3n2C)CCCN(S(=O)(=O)NC(=O)O)C1C(C)(C)C. The van der Waals surface area contributed by atoms with E-state index in [0.717, 1.165) is 4.31 Å². The number of nitrogens with one attached hydrogen (secondary N) is 3. The largest absolute Gasteiger partial charge is 0.464 e. The van der Waals surface area contributed by atoms with Crippen LogP contribution in [0.2, 0.25) is 10.0 Å². The normalized spacial score (nSPS) is 20.5. The number of carboxylic acid groups (broad SMARTS) is 1. The number of nitrogens with zero attached hydrogens (tertiary/aromatic N) is 2. The van der Waals surface area contributed by atoms with E-state index in [4.69, 9.17) is 23.2 Å². The van der Waals surface area contributed by atoms with Crippen LogP contribution in [0, 0.1) is 5.41 Å². The zero-order valence-electron chi connectivity index (χ0n) is 22.6. The number of aromatic nitrogens is 1. The summed E-state index contributed by atoms with van der Waals surface area (Å²) in [5.74, 6) is -0.648. The molecular weight excluding hydrogens is 569 g/mol. The van der Waals surface area contributed by atoms with Crippen molar-refractivity contribution < 1.29 is 27.9 Å². The number of hydrogen-bond donors (Lipinski definition) is 4. The van der Waals surface area contributed by atoms with Crippen LogP contribution in [0.15, 0.2) is 18.2 Å². The van der Waals surface area contributed by atoms with Crippen LogP contribution in [-0.2, 0) is 22.1 Å². The zero-order chi connectivity index (χ0) is 29.3. The lowest BCUT2D eigenvalue weighted by Gasteiger charge is -2.54. The van der Waals surface area contributed by atoms with Crippen LogP contribution in [0.5, 0.6) is 0 Å². The van der Waals surface area contributed by atoms with Crippen molar-refractivity contribution in [1.82, 2.24) is 24.2 Å². The third-order valence-corrected chi connectivity index (χ3v) is 9.30. The van der Waals surface area contributed by atoms with Crippen molar-refractivity contribution in [1.29, 1.82) is 0 Å². The van der Waals surface area contributed by atoms with E-state index in [1.807, 2.05) is 20.8 Å². The molecule has 3 amide bonds. The fraction of sp³-hybridized carbons (Fsp3) is 0.560. The molecule has 4 N–H and O–H groups in total. The second-order valence-corrected chi connectivity index (χ2v) is 13.4. The third kappa shape index (κ3) is 6.62. The molecule has 2 heterocycles. The first kappa shape index (κ1) is 31.0. The molecule has 216 valence electrons. The topological polar surface area (TPSA) is 150 Å². The first-order valence-corrected chi connectivity index (χ1v) is 14.7. The second-order valence-electron chi connectivity index (χ2n) is 11.0. The highest BCUT2D eigenvalue weighted by atomic mass is 35.5. The molecule has 1 aliphatic heterocycles.